The van der Waals surface area contributed by atoms with Gasteiger partial charge in [0.1, 0.15) is 6.04 Å². The molecule has 1 aliphatic carbocycles. The van der Waals surface area contributed by atoms with E-state index in [-0.39, 0.29) is 35.2 Å². The summed E-state index contributed by atoms with van der Waals surface area (Å²) in [5.41, 5.74) is 4.29. The van der Waals surface area contributed by atoms with Crippen molar-refractivity contribution in [1.82, 2.24) is 30.7 Å². The Morgan fingerprint density at radius 2 is 1.83 bits per heavy atom. The van der Waals surface area contributed by atoms with Gasteiger partial charge in [0.2, 0.25) is 11.8 Å². The number of fused-ring (bicyclic) bond motifs is 3. The van der Waals surface area contributed by atoms with Crippen molar-refractivity contribution in [3.05, 3.63) is 71.4 Å². The Labute approximate surface area is 247 Å². The molecule has 9 heteroatoms. The highest BCUT2D eigenvalue weighted by molar-refractivity contribution is 5.90. The number of amides is 4. The third-order valence-corrected chi connectivity index (χ3v) is 9.61. The quantitative estimate of drug-likeness (QED) is 0.365. The third kappa shape index (κ3) is 5.50. The Morgan fingerprint density at radius 3 is 2.60 bits per heavy atom. The normalized spacial score (nSPS) is 22.0. The largest absolute Gasteiger partial charge is 0.361 e. The van der Waals surface area contributed by atoms with Crippen LogP contribution < -0.4 is 16.0 Å². The number of rotatable bonds is 6. The van der Waals surface area contributed by atoms with Crippen LogP contribution in [0.5, 0.6) is 0 Å². The van der Waals surface area contributed by atoms with E-state index < -0.39 is 6.04 Å². The van der Waals surface area contributed by atoms with Crippen LogP contribution in [0.1, 0.15) is 54.7 Å². The number of carbonyl (C=O) groups excluding carboxylic acids is 3. The zero-order valence-electron chi connectivity index (χ0n) is 24.6. The van der Waals surface area contributed by atoms with Gasteiger partial charge >= 0.3 is 6.03 Å². The van der Waals surface area contributed by atoms with Crippen molar-refractivity contribution in [2.75, 3.05) is 40.3 Å². The van der Waals surface area contributed by atoms with Gasteiger partial charge in [-0.2, -0.15) is 0 Å². The van der Waals surface area contributed by atoms with E-state index in [2.05, 4.69) is 39.1 Å². The average Bonchev–Trinajstić information content (AvgIpc) is 3.56. The van der Waals surface area contributed by atoms with Crippen LogP contribution in [0, 0.1) is 0 Å². The van der Waals surface area contributed by atoms with Crippen molar-refractivity contribution >= 4 is 28.7 Å². The predicted molar refractivity (Wildman–Crippen MR) is 163 cm³/mol. The van der Waals surface area contributed by atoms with E-state index >= 15 is 0 Å². The monoisotopic (exact) mass is 570 g/mol. The van der Waals surface area contributed by atoms with E-state index in [1.807, 2.05) is 55.5 Å². The molecule has 3 aliphatic rings. The first-order valence-corrected chi connectivity index (χ1v) is 15.3. The van der Waals surface area contributed by atoms with Crippen molar-refractivity contribution < 1.29 is 14.4 Å². The molecule has 2 fully saturated rings. The molecule has 1 spiro atoms. The minimum absolute atomic E-state index is 0.0534. The Balaban J connectivity index is 1.19. The van der Waals surface area contributed by atoms with Gasteiger partial charge in [0.05, 0.1) is 5.92 Å². The van der Waals surface area contributed by atoms with E-state index in [4.69, 9.17) is 0 Å². The number of piperidine rings is 2. The first kappa shape index (κ1) is 28.3. The first-order chi connectivity index (χ1) is 20.3. The maximum atomic E-state index is 14.1. The minimum Gasteiger partial charge on any atom is -0.361 e. The zero-order chi connectivity index (χ0) is 29.3. The van der Waals surface area contributed by atoms with Crippen LogP contribution in [0.4, 0.5) is 4.79 Å². The van der Waals surface area contributed by atoms with Crippen molar-refractivity contribution in [2.45, 2.75) is 61.9 Å². The molecule has 6 rings (SSSR count). The second kappa shape index (κ2) is 11.8. The van der Waals surface area contributed by atoms with Gasteiger partial charge in [0, 0.05) is 68.7 Å². The molecule has 4 amide bonds. The molecule has 3 heterocycles. The lowest BCUT2D eigenvalue weighted by atomic mass is 9.73. The highest BCUT2D eigenvalue weighted by atomic mass is 16.2. The number of aromatic nitrogens is 1. The summed E-state index contributed by atoms with van der Waals surface area (Å²) in [5, 5.41) is 10.5. The van der Waals surface area contributed by atoms with Crippen molar-refractivity contribution in [2.24, 2.45) is 0 Å². The SMILES string of the molecule is CN(C)C(=O)[C@H]1CC2(CCN(C(=O)C(Cc3c[nH]c4ccccc34)NC(=O)NC3CCCNC3)CC2)c2ccccc21. The second-order valence-corrected chi connectivity index (χ2v) is 12.5. The number of carbonyl (C=O) groups is 3. The number of para-hydroxylation sites is 1. The minimum atomic E-state index is -0.686. The number of aromatic amines is 1. The summed E-state index contributed by atoms with van der Waals surface area (Å²) in [6.45, 7) is 2.89. The molecule has 0 saturated carbocycles. The number of hydrogen-bond donors (Lipinski definition) is 4. The molecule has 42 heavy (non-hydrogen) atoms. The predicted octanol–water partition coefficient (Wildman–Crippen LogP) is 3.27. The van der Waals surface area contributed by atoms with E-state index in [0.29, 0.717) is 19.5 Å². The summed E-state index contributed by atoms with van der Waals surface area (Å²) >= 11 is 0. The van der Waals surface area contributed by atoms with E-state index in [0.717, 1.165) is 67.2 Å². The number of hydrogen-bond acceptors (Lipinski definition) is 4. The number of likely N-dealkylation sites (tertiary alicyclic amines) is 1. The van der Waals surface area contributed by atoms with E-state index in [1.165, 1.54) is 5.56 Å². The molecule has 2 unspecified atom stereocenters. The maximum Gasteiger partial charge on any atom is 0.315 e. The summed E-state index contributed by atoms with van der Waals surface area (Å²) in [5.74, 6) is -0.0630. The fourth-order valence-electron chi connectivity index (χ4n) is 7.36. The first-order valence-electron chi connectivity index (χ1n) is 15.3. The molecule has 4 N–H and O–H groups in total. The number of likely N-dealkylation sites (N-methyl/N-ethyl adjacent to an activating group) is 1. The van der Waals surface area contributed by atoms with Crippen LogP contribution in [0.3, 0.4) is 0 Å². The topological polar surface area (TPSA) is 110 Å². The van der Waals surface area contributed by atoms with Crippen LogP contribution in [0.25, 0.3) is 10.9 Å². The smallest absolute Gasteiger partial charge is 0.315 e. The van der Waals surface area contributed by atoms with Crippen molar-refractivity contribution in [1.29, 1.82) is 0 Å². The number of urea groups is 1. The zero-order valence-corrected chi connectivity index (χ0v) is 24.6. The second-order valence-electron chi connectivity index (χ2n) is 12.5. The van der Waals surface area contributed by atoms with Crippen LogP contribution in [-0.2, 0) is 21.4 Å². The summed E-state index contributed by atoms with van der Waals surface area (Å²) < 4.78 is 0. The lowest BCUT2D eigenvalue weighted by molar-refractivity contribution is -0.135. The molecule has 9 nitrogen and oxygen atoms in total. The molecule has 0 bridgehead atoms. The summed E-state index contributed by atoms with van der Waals surface area (Å²) in [6, 6.07) is 15.4. The lowest BCUT2D eigenvalue weighted by Gasteiger charge is -2.41. The third-order valence-electron chi connectivity index (χ3n) is 9.61. The summed E-state index contributed by atoms with van der Waals surface area (Å²) in [7, 11) is 3.64. The van der Waals surface area contributed by atoms with Gasteiger partial charge in [-0.3, -0.25) is 9.59 Å². The molecule has 222 valence electrons. The van der Waals surface area contributed by atoms with Crippen LogP contribution in [0.2, 0.25) is 0 Å². The molecule has 2 aromatic carbocycles. The Hall–Kier alpha value is -3.85. The molecule has 2 aliphatic heterocycles. The fraction of sp³-hybridized carbons (Fsp3) is 0.485. The van der Waals surface area contributed by atoms with Gasteiger partial charge < -0.3 is 30.7 Å². The van der Waals surface area contributed by atoms with Crippen LogP contribution >= 0.6 is 0 Å². The number of nitrogens with one attached hydrogen (secondary N) is 4. The number of H-pyrrole nitrogens is 1. The Kier molecular flexibility index (Phi) is 7.94. The molecule has 2 saturated heterocycles. The van der Waals surface area contributed by atoms with Crippen LogP contribution in [0.15, 0.2) is 54.7 Å². The standard InChI is InChI=1S/C33H42N6O3/c1-38(2)30(40)26-19-33(27-11-5-3-10-25(26)27)13-16-39(17-14-33)31(41)29(37-32(42)36-23-8-7-15-34-21-23)18-22-20-35-28-12-6-4-9-24(22)28/h3-6,9-12,20,23,26,29,34-35H,7-8,13-19,21H2,1-2H3,(H2,36,37,42)/t23?,26-,29?/m0/s1. The fourth-order valence-corrected chi connectivity index (χ4v) is 7.36. The summed E-state index contributed by atoms with van der Waals surface area (Å²) in [4.78, 5) is 47.2. The Bertz CT molecular complexity index is 1450. The molecular formula is C33H42N6O3. The van der Waals surface area contributed by atoms with Gasteiger partial charge in [-0.1, -0.05) is 42.5 Å². The van der Waals surface area contributed by atoms with E-state index in [1.54, 1.807) is 4.90 Å². The average molecular weight is 571 g/mol. The van der Waals surface area contributed by atoms with Gasteiger partial charge in [-0.15, -0.1) is 0 Å². The highest BCUT2D eigenvalue weighted by Gasteiger charge is 2.48. The molecular weight excluding hydrogens is 528 g/mol. The molecule has 3 atom stereocenters. The van der Waals surface area contributed by atoms with Crippen molar-refractivity contribution in [3.8, 4) is 0 Å². The van der Waals surface area contributed by atoms with Gasteiger partial charge in [0.25, 0.3) is 0 Å². The lowest BCUT2D eigenvalue weighted by Crippen LogP contribution is -2.57. The van der Waals surface area contributed by atoms with Crippen molar-refractivity contribution in [3.63, 3.8) is 0 Å². The molecule has 3 aromatic rings. The van der Waals surface area contributed by atoms with Gasteiger partial charge in [-0.25, -0.2) is 4.79 Å². The van der Waals surface area contributed by atoms with Gasteiger partial charge in [0.15, 0.2) is 0 Å². The number of nitrogens with zero attached hydrogens (tertiary/aromatic N) is 2. The van der Waals surface area contributed by atoms with Gasteiger partial charge in [-0.05, 0) is 61.4 Å². The van der Waals surface area contributed by atoms with Crippen LogP contribution in [-0.4, -0.2) is 85.0 Å². The Morgan fingerprint density at radius 1 is 1.07 bits per heavy atom. The van der Waals surface area contributed by atoms with E-state index in [9.17, 15) is 14.4 Å². The highest BCUT2D eigenvalue weighted by Crippen LogP contribution is 2.52. The molecule has 1 aromatic heterocycles. The summed E-state index contributed by atoms with van der Waals surface area (Å²) in [6.07, 6.45) is 6.66. The number of benzene rings is 2. The maximum absolute atomic E-state index is 14.1. The molecule has 0 radical (unpaired) electrons.